The van der Waals surface area contributed by atoms with Gasteiger partial charge in [-0.3, -0.25) is 19.4 Å². The van der Waals surface area contributed by atoms with Crippen LogP contribution in [0.15, 0.2) is 6.07 Å². The van der Waals surface area contributed by atoms with Gasteiger partial charge in [0.15, 0.2) is 23.0 Å². The van der Waals surface area contributed by atoms with Crippen LogP contribution in [0, 0.1) is 13.8 Å². The van der Waals surface area contributed by atoms with Crippen molar-refractivity contribution in [1.82, 2.24) is 9.80 Å². The number of cyclic esters (lactones) is 1. The van der Waals surface area contributed by atoms with Crippen LogP contribution in [0.4, 0.5) is 0 Å². The summed E-state index contributed by atoms with van der Waals surface area (Å²) in [6.45, 7) is 4.63. The molecule has 2 fully saturated rings. The largest absolute Gasteiger partial charge is 0.504 e. The fourth-order valence-corrected chi connectivity index (χ4v) is 9.04. The third kappa shape index (κ3) is 3.91. The van der Waals surface area contributed by atoms with Gasteiger partial charge in [-0.05, 0) is 38.4 Å². The summed E-state index contributed by atoms with van der Waals surface area (Å²) >= 11 is 1.21. The van der Waals surface area contributed by atoms with Crippen LogP contribution in [-0.2, 0) is 25.5 Å². The predicted octanol–water partition coefficient (Wildman–Crippen LogP) is 2.23. The van der Waals surface area contributed by atoms with Gasteiger partial charge in [-0.2, -0.15) is 0 Å². The van der Waals surface area contributed by atoms with Gasteiger partial charge in [0.2, 0.25) is 12.6 Å². The lowest BCUT2D eigenvalue weighted by molar-refractivity contribution is -0.184. The summed E-state index contributed by atoms with van der Waals surface area (Å²) < 4.78 is 28.9. The minimum Gasteiger partial charge on any atom is -0.504 e. The maximum Gasteiger partial charge on any atom is 0.375 e. The van der Waals surface area contributed by atoms with Crippen molar-refractivity contribution in [2.45, 2.75) is 62.8 Å². The molecule has 1 unspecified atom stereocenters. The third-order valence-corrected chi connectivity index (χ3v) is 10.7. The number of phenols is 1. The number of thioether (sulfide) groups is 1. The van der Waals surface area contributed by atoms with Gasteiger partial charge in [-0.15, -0.1) is 11.8 Å². The molecule has 0 amide bonds. The van der Waals surface area contributed by atoms with Crippen molar-refractivity contribution >= 4 is 29.5 Å². The molecule has 2 N–H and O–H groups in total. The van der Waals surface area contributed by atoms with E-state index in [-0.39, 0.29) is 36.7 Å². The highest BCUT2D eigenvalue weighted by Crippen LogP contribution is 2.63. The standard InChI is InChI=1S/C30H32N2O10S/c1-11-6-14-7-15-29(36)32-16-8-39-30(37)17(34)9-43-28(22(32)21(31(15)4)18(14)23(35)24(11)38-5)20-19(16)27-26(40-10-41-27)12(2)25(20)42-13(3)33/h6,15-16,21-22,28-29,35-36H,7-10H2,1-5H3/t15?,16-,21+,22+,28+,29-/m0/s1. The number of hydrogen-bond acceptors (Lipinski definition) is 13. The normalized spacial score (nSPS) is 29.3. The number of benzene rings is 2. The zero-order chi connectivity index (χ0) is 30.5. The molecule has 5 heterocycles. The number of aliphatic hydroxyl groups is 1. The molecule has 5 aliphatic heterocycles. The second kappa shape index (κ2) is 10.0. The molecule has 4 bridgehead atoms. The number of rotatable bonds is 2. The van der Waals surface area contributed by atoms with Gasteiger partial charge in [0.05, 0.1) is 36.2 Å². The Morgan fingerprint density at radius 2 is 1.84 bits per heavy atom. The summed E-state index contributed by atoms with van der Waals surface area (Å²) in [5.41, 5.74) is 4.10. The van der Waals surface area contributed by atoms with Gasteiger partial charge in [0.1, 0.15) is 18.6 Å². The average Bonchev–Trinajstić information content (AvgIpc) is 3.45. The van der Waals surface area contributed by atoms with E-state index in [1.54, 1.807) is 6.92 Å². The molecule has 2 saturated heterocycles. The molecule has 228 valence electrons. The smallest absolute Gasteiger partial charge is 0.375 e. The minimum atomic E-state index is -1.03. The lowest BCUT2D eigenvalue weighted by atomic mass is 9.73. The monoisotopic (exact) mass is 612 g/mol. The number of likely N-dealkylation sites (N-methyl/N-ethyl adjacent to an activating group) is 1. The van der Waals surface area contributed by atoms with Crippen LogP contribution in [0.5, 0.6) is 28.7 Å². The minimum absolute atomic E-state index is 0.0203. The molecule has 43 heavy (non-hydrogen) atoms. The van der Waals surface area contributed by atoms with Crippen LogP contribution in [0.3, 0.4) is 0 Å². The number of ketones is 1. The molecular formula is C30H32N2O10S. The summed E-state index contributed by atoms with van der Waals surface area (Å²) in [5, 5.41) is 23.2. The van der Waals surface area contributed by atoms with Crippen LogP contribution < -0.4 is 18.9 Å². The fraction of sp³-hybridized carbons (Fsp3) is 0.500. The maximum atomic E-state index is 12.9. The van der Waals surface area contributed by atoms with Crippen molar-refractivity contribution in [3.05, 3.63) is 39.4 Å². The number of esters is 2. The first kappa shape index (κ1) is 28.3. The number of nitrogens with zero attached hydrogens (tertiary/aromatic N) is 2. The number of phenolic OH excluding ortho intramolecular Hbond substituents is 1. The first-order chi connectivity index (χ1) is 20.5. The number of methoxy groups -OCH3 is 1. The molecule has 6 atom stereocenters. The summed E-state index contributed by atoms with van der Waals surface area (Å²) in [6.07, 6.45) is -0.582. The Hall–Kier alpha value is -3.52. The van der Waals surface area contributed by atoms with E-state index in [9.17, 15) is 24.6 Å². The number of Topliss-reactive ketones (excluding diaryl/α,β-unsaturated/α-hetero) is 1. The Bertz CT molecular complexity index is 1590. The van der Waals surface area contributed by atoms with Crippen molar-refractivity contribution in [1.29, 1.82) is 0 Å². The highest BCUT2D eigenvalue weighted by Gasteiger charge is 2.60. The SMILES string of the molecule is COc1c(C)cc2c(c1O)[C@@H]1[C@@H]3[C@@H]4SCC(=O)C(=O)OC[C@@H](c5c6c(c(C)c(OC(C)=O)c54)OCO6)N3[C@@H](O)C(C2)N1C. The summed E-state index contributed by atoms with van der Waals surface area (Å²) in [5.74, 6) is -0.882. The van der Waals surface area contributed by atoms with Gasteiger partial charge in [-0.1, -0.05) is 6.07 Å². The topological polar surface area (TPSA) is 144 Å². The molecule has 7 rings (SSSR count). The Kier molecular flexibility index (Phi) is 6.58. The van der Waals surface area contributed by atoms with E-state index in [0.717, 1.165) is 11.1 Å². The molecule has 0 spiro atoms. The molecular weight excluding hydrogens is 580 g/mol. The molecule has 13 heteroatoms. The number of aryl methyl sites for hydroxylation is 1. The molecule has 2 aromatic carbocycles. The number of aromatic hydroxyl groups is 1. The molecule has 0 aromatic heterocycles. The molecule has 0 saturated carbocycles. The molecule has 0 radical (unpaired) electrons. The quantitative estimate of drug-likeness (QED) is 0.291. The Labute approximate surface area is 251 Å². The van der Waals surface area contributed by atoms with E-state index in [1.165, 1.54) is 25.8 Å². The van der Waals surface area contributed by atoms with Crippen LogP contribution in [-0.4, -0.2) is 89.4 Å². The second-order valence-electron chi connectivity index (χ2n) is 11.6. The maximum absolute atomic E-state index is 12.9. The highest BCUT2D eigenvalue weighted by atomic mass is 32.2. The van der Waals surface area contributed by atoms with E-state index in [4.69, 9.17) is 23.7 Å². The fourth-order valence-electron chi connectivity index (χ4n) is 7.71. The first-order valence-electron chi connectivity index (χ1n) is 14.1. The molecule has 0 aliphatic carbocycles. The van der Waals surface area contributed by atoms with Gasteiger partial charge in [0.25, 0.3) is 0 Å². The van der Waals surface area contributed by atoms with Crippen LogP contribution in [0.25, 0.3) is 0 Å². The number of carbonyl (C=O) groups is 3. The van der Waals surface area contributed by atoms with E-state index in [0.29, 0.717) is 45.9 Å². The molecule has 5 aliphatic rings. The van der Waals surface area contributed by atoms with Crippen molar-refractivity contribution in [3.63, 3.8) is 0 Å². The zero-order valence-corrected chi connectivity index (χ0v) is 25.1. The van der Waals surface area contributed by atoms with Crippen molar-refractivity contribution in [3.8, 4) is 28.7 Å². The lowest BCUT2D eigenvalue weighted by Gasteiger charge is -2.61. The number of carbonyl (C=O) groups excluding carboxylic acids is 3. The highest BCUT2D eigenvalue weighted by molar-refractivity contribution is 8.00. The van der Waals surface area contributed by atoms with Crippen molar-refractivity contribution in [2.24, 2.45) is 0 Å². The van der Waals surface area contributed by atoms with Gasteiger partial charge < -0.3 is 33.9 Å². The zero-order valence-electron chi connectivity index (χ0n) is 24.3. The lowest BCUT2D eigenvalue weighted by Crippen LogP contribution is -2.69. The van der Waals surface area contributed by atoms with E-state index < -0.39 is 47.3 Å². The van der Waals surface area contributed by atoms with E-state index >= 15 is 0 Å². The number of aliphatic hydroxyl groups excluding tert-OH is 1. The van der Waals surface area contributed by atoms with Gasteiger partial charge >= 0.3 is 11.9 Å². The van der Waals surface area contributed by atoms with Crippen LogP contribution in [0.2, 0.25) is 0 Å². The number of fused-ring (bicyclic) bond motifs is 9. The Balaban J connectivity index is 1.55. The van der Waals surface area contributed by atoms with Crippen molar-refractivity contribution in [2.75, 3.05) is 33.3 Å². The number of ether oxygens (including phenoxy) is 5. The molecule has 2 aromatic rings. The molecule has 12 nitrogen and oxygen atoms in total. The van der Waals surface area contributed by atoms with E-state index in [2.05, 4.69) is 4.90 Å². The van der Waals surface area contributed by atoms with Gasteiger partial charge in [0, 0.05) is 35.2 Å². The Morgan fingerprint density at radius 3 is 2.56 bits per heavy atom. The van der Waals surface area contributed by atoms with Crippen molar-refractivity contribution < 1.29 is 48.3 Å². The average molecular weight is 613 g/mol. The predicted molar refractivity (Wildman–Crippen MR) is 152 cm³/mol. The summed E-state index contributed by atoms with van der Waals surface area (Å²) in [6, 6.07) is -0.238. The van der Waals surface area contributed by atoms with Gasteiger partial charge in [-0.25, -0.2) is 4.79 Å². The van der Waals surface area contributed by atoms with Crippen LogP contribution in [0.1, 0.15) is 57.6 Å². The number of hydrogen-bond donors (Lipinski definition) is 2. The first-order valence-corrected chi connectivity index (χ1v) is 15.1. The second-order valence-corrected chi connectivity index (χ2v) is 12.7. The summed E-state index contributed by atoms with van der Waals surface area (Å²) in [7, 11) is 3.42. The number of piperazine rings is 1. The summed E-state index contributed by atoms with van der Waals surface area (Å²) in [4.78, 5) is 42.0. The third-order valence-electron chi connectivity index (χ3n) is 9.37. The Morgan fingerprint density at radius 1 is 1.09 bits per heavy atom. The van der Waals surface area contributed by atoms with Crippen LogP contribution >= 0.6 is 11.8 Å². The van der Waals surface area contributed by atoms with E-state index in [1.807, 2.05) is 24.9 Å².